The van der Waals surface area contributed by atoms with Gasteiger partial charge in [-0.15, -0.1) is 0 Å². The molecule has 0 heterocycles. The second-order valence-electron chi connectivity index (χ2n) is 0.515. The standard InChI is InChI=1S/CHBr2NO2/c2-4(3)1(5)6/h(H,5,6). The molecule has 0 aromatic carbocycles. The van der Waals surface area contributed by atoms with E-state index in [1.165, 1.54) is 0 Å². The van der Waals surface area contributed by atoms with Gasteiger partial charge in [0.2, 0.25) is 0 Å². The van der Waals surface area contributed by atoms with E-state index >= 15 is 0 Å². The predicted molar refractivity (Wildman–Crippen MR) is 27.7 cm³/mol. The van der Waals surface area contributed by atoms with Gasteiger partial charge in [-0.2, -0.15) is 2.95 Å². The van der Waals surface area contributed by atoms with Crippen LogP contribution in [0.1, 0.15) is 0 Å². The lowest BCUT2D eigenvalue weighted by atomic mass is 11.3. The third-order valence-corrected chi connectivity index (χ3v) is 0.751. The third-order valence-electron chi connectivity index (χ3n) is 0.145. The molecule has 0 aliphatic rings. The van der Waals surface area contributed by atoms with Gasteiger partial charge in [0.05, 0.1) is 32.3 Å². The van der Waals surface area contributed by atoms with Crippen LogP contribution in [0.5, 0.6) is 0 Å². The maximum absolute atomic E-state index is 9.53. The van der Waals surface area contributed by atoms with Crippen molar-refractivity contribution >= 4 is 38.4 Å². The molecular formula is CHBr2NO2. The van der Waals surface area contributed by atoms with Crippen LogP contribution in [0.15, 0.2) is 0 Å². The first-order valence-corrected chi connectivity index (χ1v) is 2.41. The Balaban J connectivity index is 3.26. The summed E-state index contributed by atoms with van der Waals surface area (Å²) in [5.41, 5.74) is 0. The van der Waals surface area contributed by atoms with Crippen LogP contribution in [0.3, 0.4) is 0 Å². The molecule has 1 N–H and O–H groups in total. The molecule has 5 heteroatoms. The average Bonchev–Trinajstić information content (AvgIpc) is 1.36. The fourth-order valence-electron chi connectivity index (χ4n) is 0. The highest BCUT2D eigenvalue weighted by Crippen LogP contribution is 2.03. The number of rotatable bonds is 0. The number of halogens is 2. The first-order valence-electron chi connectivity index (χ1n) is 0.989. The number of hydrogen-bond acceptors (Lipinski definition) is 1. The van der Waals surface area contributed by atoms with Crippen molar-refractivity contribution in [3.05, 3.63) is 0 Å². The minimum Gasteiger partial charge on any atom is -0.464 e. The minimum atomic E-state index is -1.07. The highest BCUT2D eigenvalue weighted by molar-refractivity contribution is 9.21. The maximum Gasteiger partial charge on any atom is 0.428 e. The van der Waals surface area contributed by atoms with Crippen LogP contribution in [0.4, 0.5) is 4.79 Å². The molecule has 0 saturated carbocycles. The van der Waals surface area contributed by atoms with Crippen molar-refractivity contribution in [3.8, 4) is 0 Å². The first-order chi connectivity index (χ1) is 2.64. The summed E-state index contributed by atoms with van der Waals surface area (Å²) in [6, 6.07) is 0. The lowest BCUT2D eigenvalue weighted by Gasteiger charge is -1.92. The van der Waals surface area contributed by atoms with Gasteiger partial charge in [-0.1, -0.05) is 0 Å². The molecule has 0 aromatic heterocycles. The van der Waals surface area contributed by atoms with E-state index in [0.717, 1.165) is 0 Å². The van der Waals surface area contributed by atoms with Gasteiger partial charge in [-0.05, 0) is 0 Å². The van der Waals surface area contributed by atoms with Crippen LogP contribution in [-0.2, 0) is 0 Å². The van der Waals surface area contributed by atoms with Crippen molar-refractivity contribution < 1.29 is 9.90 Å². The number of amides is 1. The van der Waals surface area contributed by atoms with Gasteiger partial charge in [0.25, 0.3) is 0 Å². The molecule has 0 spiro atoms. The fraction of sp³-hybridized carbons (Fsp3) is 0. The summed E-state index contributed by atoms with van der Waals surface area (Å²) >= 11 is 5.18. The summed E-state index contributed by atoms with van der Waals surface area (Å²) in [7, 11) is 0. The number of carbonyl (C=O) groups is 1. The summed E-state index contributed by atoms with van der Waals surface area (Å²) in [5.74, 6) is 0. The Kier molecular flexibility index (Phi) is 2.50. The SMILES string of the molecule is O=C(O)N(Br)Br. The van der Waals surface area contributed by atoms with Crippen molar-refractivity contribution in [2.24, 2.45) is 0 Å². The number of nitrogens with zero attached hydrogens (tertiary/aromatic N) is 1. The number of hydrogen-bond donors (Lipinski definition) is 1. The predicted octanol–water partition coefficient (Wildman–Crippen LogP) is 1.59. The van der Waals surface area contributed by atoms with Gasteiger partial charge in [0.15, 0.2) is 0 Å². The first kappa shape index (κ1) is 6.23. The third kappa shape index (κ3) is 2.47. The molecule has 0 saturated heterocycles. The Morgan fingerprint density at radius 3 is 1.83 bits per heavy atom. The van der Waals surface area contributed by atoms with Crippen LogP contribution >= 0.6 is 32.3 Å². The van der Waals surface area contributed by atoms with E-state index < -0.39 is 6.09 Å². The molecule has 0 atom stereocenters. The van der Waals surface area contributed by atoms with E-state index in [9.17, 15) is 4.79 Å². The Hall–Kier alpha value is 0.230. The molecule has 3 nitrogen and oxygen atoms in total. The quantitative estimate of drug-likeness (QED) is 0.628. The zero-order chi connectivity index (χ0) is 5.15. The highest BCUT2D eigenvalue weighted by atomic mass is 79.9. The van der Waals surface area contributed by atoms with E-state index in [1.54, 1.807) is 0 Å². The van der Waals surface area contributed by atoms with Crippen molar-refractivity contribution in [1.29, 1.82) is 0 Å². The summed E-state index contributed by atoms with van der Waals surface area (Å²) in [6.07, 6.45) is -1.07. The van der Waals surface area contributed by atoms with Crippen molar-refractivity contribution in [2.75, 3.05) is 0 Å². The molecule has 36 valence electrons. The largest absolute Gasteiger partial charge is 0.464 e. The van der Waals surface area contributed by atoms with Crippen molar-refractivity contribution in [3.63, 3.8) is 0 Å². The molecule has 0 unspecified atom stereocenters. The molecular weight excluding hydrogens is 218 g/mol. The molecule has 1 amide bonds. The monoisotopic (exact) mass is 217 g/mol. The second-order valence-corrected chi connectivity index (χ2v) is 2.89. The Labute approximate surface area is 51.6 Å². The van der Waals surface area contributed by atoms with Gasteiger partial charge < -0.3 is 5.11 Å². The van der Waals surface area contributed by atoms with Gasteiger partial charge in [0.1, 0.15) is 0 Å². The molecule has 0 fully saturated rings. The normalized spacial score (nSPS) is 7.67. The zero-order valence-corrected chi connectivity index (χ0v) is 5.73. The van der Waals surface area contributed by atoms with Crippen molar-refractivity contribution in [2.45, 2.75) is 0 Å². The van der Waals surface area contributed by atoms with Crippen LogP contribution in [-0.4, -0.2) is 14.2 Å². The van der Waals surface area contributed by atoms with E-state index in [2.05, 4.69) is 32.3 Å². The molecule has 0 radical (unpaired) electrons. The lowest BCUT2D eigenvalue weighted by Crippen LogP contribution is -2.03. The Bertz CT molecular complexity index is 62.6. The fourth-order valence-corrected chi connectivity index (χ4v) is 0. The van der Waals surface area contributed by atoms with Crippen molar-refractivity contribution in [1.82, 2.24) is 2.95 Å². The van der Waals surface area contributed by atoms with Gasteiger partial charge >= 0.3 is 6.09 Å². The maximum atomic E-state index is 9.53. The summed E-state index contributed by atoms with van der Waals surface area (Å²) < 4.78 is 0.708. The molecule has 0 aromatic rings. The highest BCUT2D eigenvalue weighted by Gasteiger charge is 1.98. The summed E-state index contributed by atoms with van der Waals surface area (Å²) in [5, 5.41) is 7.82. The second kappa shape index (κ2) is 2.41. The summed E-state index contributed by atoms with van der Waals surface area (Å²) in [6.45, 7) is 0. The smallest absolute Gasteiger partial charge is 0.428 e. The van der Waals surface area contributed by atoms with E-state index in [0.29, 0.717) is 2.95 Å². The van der Waals surface area contributed by atoms with Crippen LogP contribution in [0.25, 0.3) is 0 Å². The van der Waals surface area contributed by atoms with Gasteiger partial charge in [0, 0.05) is 0 Å². The van der Waals surface area contributed by atoms with Gasteiger partial charge in [-0.25, -0.2) is 4.79 Å². The molecule has 0 aliphatic carbocycles. The van der Waals surface area contributed by atoms with E-state index in [4.69, 9.17) is 5.11 Å². The molecule has 0 aliphatic heterocycles. The van der Waals surface area contributed by atoms with Gasteiger partial charge in [-0.3, -0.25) is 0 Å². The summed E-state index contributed by atoms with van der Waals surface area (Å²) in [4.78, 5) is 9.53. The Morgan fingerprint density at radius 2 is 1.83 bits per heavy atom. The topological polar surface area (TPSA) is 40.5 Å². The number of carboxylic acid groups (broad SMARTS) is 1. The van der Waals surface area contributed by atoms with E-state index in [-0.39, 0.29) is 0 Å². The minimum absolute atomic E-state index is 0.708. The zero-order valence-electron chi connectivity index (χ0n) is 2.56. The van der Waals surface area contributed by atoms with Crippen LogP contribution < -0.4 is 0 Å². The average molecular weight is 219 g/mol. The Morgan fingerprint density at radius 1 is 1.67 bits per heavy atom. The van der Waals surface area contributed by atoms with E-state index in [1.807, 2.05) is 0 Å². The molecule has 0 bridgehead atoms. The van der Waals surface area contributed by atoms with Crippen LogP contribution in [0.2, 0.25) is 0 Å². The van der Waals surface area contributed by atoms with Crippen LogP contribution in [0, 0.1) is 0 Å². The molecule has 6 heavy (non-hydrogen) atoms. The lowest BCUT2D eigenvalue weighted by molar-refractivity contribution is 0.192. The molecule has 0 rings (SSSR count).